The van der Waals surface area contributed by atoms with E-state index in [-0.39, 0.29) is 16.8 Å². The Morgan fingerprint density at radius 2 is 1.83 bits per heavy atom. The van der Waals surface area contributed by atoms with Crippen LogP contribution in [0.2, 0.25) is 0 Å². The number of hydrogen-bond acceptors (Lipinski definition) is 6. The number of hydrazone groups is 1. The van der Waals surface area contributed by atoms with Gasteiger partial charge in [0.25, 0.3) is 11.6 Å². The number of non-ortho nitro benzene ring substituents is 1. The lowest BCUT2D eigenvalue weighted by Crippen LogP contribution is -2.26. The van der Waals surface area contributed by atoms with Gasteiger partial charge >= 0.3 is 0 Å². The molecule has 0 aliphatic carbocycles. The van der Waals surface area contributed by atoms with Crippen molar-refractivity contribution in [1.82, 2.24) is 5.43 Å². The molecular formula is C21H19N3O4S. The molecule has 1 amide bonds. The van der Waals surface area contributed by atoms with Crippen molar-refractivity contribution in [3.63, 3.8) is 0 Å². The van der Waals surface area contributed by atoms with Crippen molar-refractivity contribution in [3.05, 3.63) is 82.1 Å². The van der Waals surface area contributed by atoms with Crippen LogP contribution in [-0.2, 0) is 4.79 Å². The van der Waals surface area contributed by atoms with E-state index in [2.05, 4.69) is 10.5 Å². The maximum Gasteiger partial charge on any atom is 0.269 e. The zero-order chi connectivity index (χ0) is 20.8. The molecule has 29 heavy (non-hydrogen) atoms. The van der Waals surface area contributed by atoms with Gasteiger partial charge in [0.2, 0.25) is 0 Å². The number of carbonyl (C=O) groups is 1. The average molecular weight is 409 g/mol. The first-order valence-corrected chi connectivity index (χ1v) is 9.71. The summed E-state index contributed by atoms with van der Waals surface area (Å²) in [6.45, 7) is 3.83. The number of aryl methyl sites for hydroxylation is 1. The average Bonchev–Trinajstić information content (AvgIpc) is 3.18. The fraction of sp³-hybridized carbons (Fsp3) is 0.143. The van der Waals surface area contributed by atoms with E-state index >= 15 is 0 Å². The van der Waals surface area contributed by atoms with Gasteiger partial charge in [-0.05, 0) is 50.2 Å². The summed E-state index contributed by atoms with van der Waals surface area (Å²) in [5.74, 6) is 0.794. The second-order valence-electron chi connectivity index (χ2n) is 6.31. The van der Waals surface area contributed by atoms with Crippen LogP contribution in [0.3, 0.4) is 0 Å². The summed E-state index contributed by atoms with van der Waals surface area (Å²) in [5.41, 5.74) is 4.40. The highest BCUT2D eigenvalue weighted by Crippen LogP contribution is 2.25. The monoisotopic (exact) mass is 409 g/mol. The second kappa shape index (κ2) is 9.20. The molecular weight excluding hydrogens is 390 g/mol. The Labute approximate surface area is 172 Å². The molecule has 0 fully saturated rings. The van der Waals surface area contributed by atoms with Crippen LogP contribution in [-0.4, -0.2) is 22.3 Å². The highest BCUT2D eigenvalue weighted by atomic mass is 32.2. The van der Waals surface area contributed by atoms with Gasteiger partial charge in [0.05, 0.1) is 16.4 Å². The van der Waals surface area contributed by atoms with Gasteiger partial charge in [-0.25, -0.2) is 5.43 Å². The molecule has 1 aromatic heterocycles. The second-order valence-corrected chi connectivity index (χ2v) is 7.73. The molecule has 3 aromatic rings. The Balaban J connectivity index is 1.55. The summed E-state index contributed by atoms with van der Waals surface area (Å²) < 4.78 is 5.64. The zero-order valence-corrected chi connectivity index (χ0v) is 16.7. The fourth-order valence-electron chi connectivity index (χ4n) is 2.45. The molecule has 0 bridgehead atoms. The molecule has 3 rings (SSSR count). The normalized spacial score (nSPS) is 12.1. The summed E-state index contributed by atoms with van der Waals surface area (Å²) in [5, 5.41) is 14.4. The van der Waals surface area contributed by atoms with Crippen LogP contribution in [0.4, 0.5) is 5.69 Å². The van der Waals surface area contributed by atoms with Gasteiger partial charge in [0.1, 0.15) is 11.5 Å². The lowest BCUT2D eigenvalue weighted by Gasteiger charge is -2.09. The number of amides is 1. The minimum absolute atomic E-state index is 0.0161. The molecule has 1 N–H and O–H groups in total. The maximum absolute atomic E-state index is 12.2. The van der Waals surface area contributed by atoms with Gasteiger partial charge < -0.3 is 4.42 Å². The van der Waals surface area contributed by atoms with Crippen molar-refractivity contribution in [2.75, 3.05) is 0 Å². The highest BCUT2D eigenvalue weighted by Gasteiger charge is 2.13. The van der Waals surface area contributed by atoms with Gasteiger partial charge in [-0.2, -0.15) is 5.10 Å². The SMILES string of the molecule is Cc1ccc(S[C@@H](C)C(=O)N/N=C\c2ccc(-c3ccc([N+](=O)[O-])cc3)o2)cc1. The van der Waals surface area contributed by atoms with E-state index in [1.807, 2.05) is 38.1 Å². The number of nitro benzene ring substituents is 1. The number of hydrogen-bond donors (Lipinski definition) is 1. The topological polar surface area (TPSA) is 97.7 Å². The minimum Gasteiger partial charge on any atom is -0.455 e. The maximum atomic E-state index is 12.2. The molecule has 148 valence electrons. The minimum atomic E-state index is -0.454. The predicted octanol–water partition coefficient (Wildman–Crippen LogP) is 4.79. The van der Waals surface area contributed by atoms with Crippen LogP contribution in [0, 0.1) is 17.0 Å². The molecule has 1 atom stereocenters. The van der Waals surface area contributed by atoms with Crippen molar-refractivity contribution in [3.8, 4) is 11.3 Å². The number of nitrogens with one attached hydrogen (secondary N) is 1. The molecule has 0 aliphatic rings. The number of nitrogens with zero attached hydrogens (tertiary/aromatic N) is 2. The molecule has 0 aliphatic heterocycles. The van der Waals surface area contributed by atoms with E-state index < -0.39 is 4.92 Å². The van der Waals surface area contributed by atoms with Crippen LogP contribution < -0.4 is 5.43 Å². The van der Waals surface area contributed by atoms with Crippen LogP contribution in [0.1, 0.15) is 18.2 Å². The largest absolute Gasteiger partial charge is 0.455 e. The van der Waals surface area contributed by atoms with Gasteiger partial charge in [-0.1, -0.05) is 17.7 Å². The number of thioether (sulfide) groups is 1. The summed E-state index contributed by atoms with van der Waals surface area (Å²) >= 11 is 1.45. The van der Waals surface area contributed by atoms with E-state index in [9.17, 15) is 14.9 Å². The van der Waals surface area contributed by atoms with E-state index in [1.54, 1.807) is 24.3 Å². The standard InChI is InChI=1S/C21H19N3O4S/c1-14-3-10-19(11-4-14)29-15(2)21(25)23-22-13-18-9-12-20(28-18)16-5-7-17(8-6-16)24(26)27/h3-13,15H,1-2H3,(H,23,25)/b22-13-/t15-/m0/s1. The van der Waals surface area contributed by atoms with Crippen LogP contribution >= 0.6 is 11.8 Å². The zero-order valence-electron chi connectivity index (χ0n) is 15.9. The number of rotatable bonds is 7. The Bertz CT molecular complexity index is 1030. The van der Waals surface area contributed by atoms with Crippen LogP contribution in [0.15, 0.2) is 75.1 Å². The third-order valence-corrected chi connectivity index (χ3v) is 5.17. The molecule has 0 saturated carbocycles. The summed E-state index contributed by atoms with van der Waals surface area (Å²) in [7, 11) is 0. The Morgan fingerprint density at radius 3 is 2.48 bits per heavy atom. The smallest absolute Gasteiger partial charge is 0.269 e. The summed E-state index contributed by atoms with van der Waals surface area (Å²) in [6, 6.07) is 17.5. The fourth-order valence-corrected chi connectivity index (χ4v) is 3.31. The third kappa shape index (κ3) is 5.55. The van der Waals surface area contributed by atoms with Crippen molar-refractivity contribution in [1.29, 1.82) is 0 Å². The van der Waals surface area contributed by atoms with Gasteiger partial charge in [0, 0.05) is 22.6 Å². The number of nitro groups is 1. The lowest BCUT2D eigenvalue weighted by molar-refractivity contribution is -0.384. The quantitative estimate of drug-likeness (QED) is 0.262. The van der Waals surface area contributed by atoms with Crippen molar-refractivity contribution in [2.45, 2.75) is 24.0 Å². The first kappa shape index (κ1) is 20.3. The summed E-state index contributed by atoms with van der Waals surface area (Å²) in [6.07, 6.45) is 1.41. The molecule has 0 saturated heterocycles. The predicted molar refractivity (Wildman–Crippen MR) is 113 cm³/mol. The Hall–Kier alpha value is -3.39. The van der Waals surface area contributed by atoms with Crippen molar-refractivity contribution < 1.29 is 14.1 Å². The first-order valence-electron chi connectivity index (χ1n) is 8.83. The van der Waals surface area contributed by atoms with E-state index in [4.69, 9.17) is 4.42 Å². The Morgan fingerprint density at radius 1 is 1.14 bits per heavy atom. The Kier molecular flexibility index (Phi) is 6.46. The first-order chi connectivity index (χ1) is 13.9. The molecule has 8 heteroatoms. The number of carbonyl (C=O) groups excluding carboxylic acids is 1. The van der Waals surface area contributed by atoms with Crippen molar-refractivity contribution in [2.24, 2.45) is 5.10 Å². The number of furan rings is 1. The molecule has 0 unspecified atom stereocenters. The van der Waals surface area contributed by atoms with Gasteiger partial charge in [-0.15, -0.1) is 11.8 Å². The van der Waals surface area contributed by atoms with E-state index in [0.717, 1.165) is 4.90 Å². The van der Waals surface area contributed by atoms with Crippen LogP contribution in [0.5, 0.6) is 0 Å². The lowest BCUT2D eigenvalue weighted by atomic mass is 10.1. The van der Waals surface area contributed by atoms with E-state index in [1.165, 1.54) is 35.7 Å². The third-order valence-electron chi connectivity index (χ3n) is 4.06. The molecule has 0 radical (unpaired) electrons. The van der Waals surface area contributed by atoms with E-state index in [0.29, 0.717) is 17.1 Å². The number of benzene rings is 2. The van der Waals surface area contributed by atoms with Crippen molar-refractivity contribution >= 4 is 29.6 Å². The summed E-state index contributed by atoms with van der Waals surface area (Å²) in [4.78, 5) is 23.5. The van der Waals surface area contributed by atoms with Gasteiger partial charge in [0.15, 0.2) is 0 Å². The highest BCUT2D eigenvalue weighted by molar-refractivity contribution is 8.00. The molecule has 2 aromatic carbocycles. The van der Waals surface area contributed by atoms with Gasteiger partial charge in [-0.3, -0.25) is 14.9 Å². The molecule has 0 spiro atoms. The molecule has 7 nitrogen and oxygen atoms in total. The molecule has 1 heterocycles. The van der Waals surface area contributed by atoms with Crippen LogP contribution in [0.25, 0.3) is 11.3 Å².